The van der Waals surface area contributed by atoms with Crippen molar-refractivity contribution in [1.29, 1.82) is 0 Å². The molecule has 6 nitrogen and oxygen atoms in total. The molecule has 0 aromatic rings. The van der Waals surface area contributed by atoms with Gasteiger partial charge in [0.15, 0.2) is 0 Å². The van der Waals surface area contributed by atoms with Gasteiger partial charge in [0, 0.05) is 52.7 Å². The lowest BCUT2D eigenvalue weighted by Crippen LogP contribution is -2.44. The fraction of sp³-hybridized carbons (Fsp3) is 0.846. The summed E-state index contributed by atoms with van der Waals surface area (Å²) in [7, 11) is 1.75. The maximum Gasteiger partial charge on any atom is 0.225 e. The number of carbonyl (C=O) groups is 2. The summed E-state index contributed by atoms with van der Waals surface area (Å²) in [6.07, 6.45) is 1.34. The van der Waals surface area contributed by atoms with E-state index < -0.39 is 0 Å². The molecule has 2 heterocycles. The first-order valence-corrected chi connectivity index (χ1v) is 7.11. The molecule has 0 aromatic carbocycles. The van der Waals surface area contributed by atoms with E-state index in [9.17, 15) is 9.59 Å². The topological polar surface area (TPSA) is 64.7 Å². The maximum absolute atomic E-state index is 11.9. The zero-order chi connectivity index (χ0) is 13.7. The van der Waals surface area contributed by atoms with Crippen LogP contribution >= 0.6 is 0 Å². The molecule has 0 spiro atoms. The Morgan fingerprint density at radius 3 is 2.79 bits per heavy atom. The zero-order valence-electron chi connectivity index (χ0n) is 11.7. The molecule has 2 saturated heterocycles. The molecule has 0 radical (unpaired) electrons. The normalized spacial score (nSPS) is 24.8. The smallest absolute Gasteiger partial charge is 0.225 e. The van der Waals surface area contributed by atoms with Crippen molar-refractivity contribution in [2.24, 2.45) is 5.92 Å². The fourth-order valence-corrected chi connectivity index (χ4v) is 2.63. The van der Waals surface area contributed by atoms with Crippen molar-refractivity contribution in [2.75, 3.05) is 52.9 Å². The van der Waals surface area contributed by atoms with Crippen molar-refractivity contribution >= 4 is 11.8 Å². The first kappa shape index (κ1) is 14.3. The van der Waals surface area contributed by atoms with Crippen LogP contribution in [0.3, 0.4) is 0 Å². The highest BCUT2D eigenvalue weighted by Crippen LogP contribution is 2.15. The second kappa shape index (κ2) is 6.86. The van der Waals surface area contributed by atoms with Crippen LogP contribution in [-0.4, -0.2) is 74.5 Å². The Hall–Kier alpha value is -1.14. The van der Waals surface area contributed by atoms with Gasteiger partial charge in [0.2, 0.25) is 11.8 Å². The Morgan fingerprint density at radius 1 is 1.42 bits per heavy atom. The summed E-state index contributed by atoms with van der Waals surface area (Å²) in [6, 6.07) is 0. The molecule has 2 aliphatic heterocycles. The molecule has 0 saturated carbocycles. The molecule has 2 aliphatic rings. The van der Waals surface area contributed by atoms with Crippen LogP contribution in [-0.2, 0) is 9.59 Å². The van der Waals surface area contributed by atoms with Crippen LogP contribution in [0.4, 0.5) is 0 Å². The van der Waals surface area contributed by atoms with E-state index >= 15 is 0 Å². The minimum absolute atomic E-state index is 0.0259. The van der Waals surface area contributed by atoms with Crippen LogP contribution < -0.4 is 10.6 Å². The van der Waals surface area contributed by atoms with Gasteiger partial charge in [-0.1, -0.05) is 0 Å². The van der Waals surface area contributed by atoms with Crippen molar-refractivity contribution in [3.8, 4) is 0 Å². The zero-order valence-corrected chi connectivity index (χ0v) is 11.7. The Morgan fingerprint density at radius 2 is 2.16 bits per heavy atom. The standard InChI is InChI=1S/C13H24N4O2/c1-16-10-11(9-12(16)18)13(19)15-3-2-6-17-7-4-14-5-8-17/h11,14H,2-10H2,1H3,(H,15,19). The van der Waals surface area contributed by atoms with E-state index in [1.54, 1.807) is 11.9 Å². The molecule has 2 rings (SSSR count). The molecule has 6 heteroatoms. The van der Waals surface area contributed by atoms with Gasteiger partial charge >= 0.3 is 0 Å². The maximum atomic E-state index is 11.9. The predicted octanol–water partition coefficient (Wildman–Crippen LogP) is -1.12. The number of hydrogen-bond donors (Lipinski definition) is 2. The number of likely N-dealkylation sites (tertiary alicyclic amines) is 1. The summed E-state index contributed by atoms with van der Waals surface area (Å²) >= 11 is 0. The Balaban J connectivity index is 1.57. The number of nitrogens with zero attached hydrogens (tertiary/aromatic N) is 2. The average molecular weight is 268 g/mol. The number of hydrogen-bond acceptors (Lipinski definition) is 4. The molecule has 2 amide bonds. The number of nitrogens with one attached hydrogen (secondary N) is 2. The number of rotatable bonds is 5. The molecule has 0 bridgehead atoms. The van der Waals surface area contributed by atoms with Crippen LogP contribution in [0.1, 0.15) is 12.8 Å². The predicted molar refractivity (Wildman–Crippen MR) is 72.7 cm³/mol. The number of carbonyl (C=O) groups excluding carboxylic acids is 2. The van der Waals surface area contributed by atoms with E-state index in [1.165, 1.54) is 0 Å². The molecule has 1 unspecified atom stereocenters. The summed E-state index contributed by atoms with van der Waals surface area (Å²) in [4.78, 5) is 27.3. The SMILES string of the molecule is CN1CC(C(=O)NCCCN2CCNCC2)CC1=O. The molecule has 2 fully saturated rings. The van der Waals surface area contributed by atoms with Crippen LogP contribution in [0.15, 0.2) is 0 Å². The lowest BCUT2D eigenvalue weighted by atomic mass is 10.1. The van der Waals surface area contributed by atoms with Gasteiger partial charge in [0.1, 0.15) is 0 Å². The molecule has 19 heavy (non-hydrogen) atoms. The minimum Gasteiger partial charge on any atom is -0.356 e. The van der Waals surface area contributed by atoms with Gasteiger partial charge in [-0.3, -0.25) is 9.59 Å². The third-order valence-electron chi connectivity index (χ3n) is 3.87. The lowest BCUT2D eigenvalue weighted by Gasteiger charge is -2.27. The van der Waals surface area contributed by atoms with Crippen molar-refractivity contribution in [3.05, 3.63) is 0 Å². The summed E-state index contributed by atoms with van der Waals surface area (Å²) in [5.41, 5.74) is 0. The van der Waals surface area contributed by atoms with Crippen LogP contribution in [0.5, 0.6) is 0 Å². The largest absolute Gasteiger partial charge is 0.356 e. The monoisotopic (exact) mass is 268 g/mol. The van der Waals surface area contributed by atoms with E-state index in [2.05, 4.69) is 15.5 Å². The molecule has 108 valence electrons. The van der Waals surface area contributed by atoms with E-state index in [0.717, 1.165) is 39.1 Å². The highest BCUT2D eigenvalue weighted by Gasteiger charge is 2.31. The van der Waals surface area contributed by atoms with Crippen LogP contribution in [0.25, 0.3) is 0 Å². The molecule has 0 aliphatic carbocycles. The van der Waals surface area contributed by atoms with E-state index in [-0.39, 0.29) is 17.7 Å². The van der Waals surface area contributed by atoms with Crippen molar-refractivity contribution in [1.82, 2.24) is 20.4 Å². The summed E-state index contributed by atoms with van der Waals surface area (Å²) < 4.78 is 0. The third-order valence-corrected chi connectivity index (χ3v) is 3.87. The molecular formula is C13H24N4O2. The van der Waals surface area contributed by atoms with E-state index in [0.29, 0.717) is 19.5 Å². The van der Waals surface area contributed by atoms with Crippen molar-refractivity contribution in [3.63, 3.8) is 0 Å². The number of amides is 2. The Labute approximate surface area is 114 Å². The Kier molecular flexibility index (Phi) is 5.15. The molecule has 1 atom stereocenters. The first-order valence-electron chi connectivity index (χ1n) is 7.11. The number of piperazine rings is 1. The quantitative estimate of drug-likeness (QED) is 0.620. The average Bonchev–Trinajstić information content (AvgIpc) is 2.76. The van der Waals surface area contributed by atoms with Crippen molar-refractivity contribution in [2.45, 2.75) is 12.8 Å². The van der Waals surface area contributed by atoms with Gasteiger partial charge in [-0.05, 0) is 13.0 Å². The summed E-state index contributed by atoms with van der Waals surface area (Å²) in [5.74, 6) is -0.0596. The van der Waals surface area contributed by atoms with Gasteiger partial charge in [-0.25, -0.2) is 0 Å². The molecule has 0 aromatic heterocycles. The van der Waals surface area contributed by atoms with Crippen LogP contribution in [0.2, 0.25) is 0 Å². The second-order valence-corrected chi connectivity index (χ2v) is 5.41. The fourth-order valence-electron chi connectivity index (χ4n) is 2.63. The van der Waals surface area contributed by atoms with Gasteiger partial charge in [0.05, 0.1) is 5.92 Å². The van der Waals surface area contributed by atoms with E-state index in [1.807, 2.05) is 0 Å². The molecule has 2 N–H and O–H groups in total. The first-order chi connectivity index (χ1) is 9.16. The van der Waals surface area contributed by atoms with Crippen molar-refractivity contribution < 1.29 is 9.59 Å². The van der Waals surface area contributed by atoms with Crippen LogP contribution in [0, 0.1) is 5.92 Å². The third kappa shape index (κ3) is 4.18. The van der Waals surface area contributed by atoms with E-state index in [4.69, 9.17) is 0 Å². The highest BCUT2D eigenvalue weighted by molar-refractivity contribution is 5.89. The van der Waals surface area contributed by atoms with Gasteiger partial charge in [0.25, 0.3) is 0 Å². The lowest BCUT2D eigenvalue weighted by molar-refractivity contribution is -0.128. The van der Waals surface area contributed by atoms with Gasteiger partial charge < -0.3 is 20.4 Å². The summed E-state index contributed by atoms with van der Waals surface area (Å²) in [5, 5.41) is 6.27. The Bertz CT molecular complexity index is 329. The van der Waals surface area contributed by atoms with Gasteiger partial charge in [-0.15, -0.1) is 0 Å². The highest BCUT2D eigenvalue weighted by atomic mass is 16.2. The minimum atomic E-state index is -0.156. The van der Waals surface area contributed by atoms with Gasteiger partial charge in [-0.2, -0.15) is 0 Å². The summed E-state index contributed by atoms with van der Waals surface area (Å²) in [6.45, 7) is 6.60. The second-order valence-electron chi connectivity index (χ2n) is 5.41. The molecular weight excluding hydrogens is 244 g/mol.